The van der Waals surface area contributed by atoms with Gasteiger partial charge in [0.1, 0.15) is 10.9 Å². The van der Waals surface area contributed by atoms with Crippen LogP contribution < -0.4 is 0 Å². The minimum Gasteiger partial charge on any atom is -0.477 e. The molecule has 0 bridgehead atoms. The van der Waals surface area contributed by atoms with Crippen LogP contribution in [0.4, 0.5) is 0 Å². The van der Waals surface area contributed by atoms with Crippen molar-refractivity contribution in [3.63, 3.8) is 0 Å². The molecule has 0 aromatic rings. The topological polar surface area (TPSA) is 49.7 Å². The number of carbonyl (C=O) groups is 1. The maximum atomic E-state index is 10.7. The Morgan fingerprint density at radius 1 is 1.43 bits per heavy atom. The summed E-state index contributed by atoms with van der Waals surface area (Å²) in [7, 11) is 0. The van der Waals surface area contributed by atoms with Crippen molar-refractivity contribution in [2.75, 3.05) is 0 Å². The second-order valence-corrected chi connectivity index (χ2v) is 3.07. The summed E-state index contributed by atoms with van der Waals surface area (Å²) in [5.74, 6) is -1.04. The largest absolute Gasteiger partial charge is 0.477 e. The van der Waals surface area contributed by atoms with Gasteiger partial charge in [0.05, 0.1) is 0 Å². The summed E-state index contributed by atoms with van der Waals surface area (Å²) < 4.78 is 0. The molecule has 1 rings (SSSR count). The number of nitrogens with zero attached hydrogens (tertiary/aromatic N) is 1. The predicted molar refractivity (Wildman–Crippen MR) is 56.5 cm³/mol. The highest BCUT2D eigenvalue weighted by atomic mass is 35.5. The Kier molecular flexibility index (Phi) is 4.13. The number of carboxylic acids is 1. The first-order chi connectivity index (χ1) is 6.70. The van der Waals surface area contributed by atoms with E-state index in [1.54, 1.807) is 18.2 Å². The van der Waals surface area contributed by atoms with Crippen LogP contribution in [-0.2, 0) is 4.79 Å². The first kappa shape index (κ1) is 10.7. The van der Waals surface area contributed by atoms with Crippen LogP contribution >= 0.6 is 11.6 Å². The number of hydrogen-bond acceptors (Lipinski definition) is 2. The number of aliphatic imine (C=N–C) groups is 1. The summed E-state index contributed by atoms with van der Waals surface area (Å²) in [6, 6.07) is 0. The molecule has 0 aromatic heterocycles. The molecule has 3 nitrogen and oxygen atoms in total. The third-order valence-corrected chi connectivity index (χ3v) is 1.84. The summed E-state index contributed by atoms with van der Waals surface area (Å²) >= 11 is 5.71. The van der Waals surface area contributed by atoms with E-state index in [0.29, 0.717) is 6.42 Å². The average Bonchev–Trinajstić information content (AvgIpc) is 2.15. The van der Waals surface area contributed by atoms with Crippen LogP contribution in [-0.4, -0.2) is 16.8 Å². The number of carboxylic acid groups (broad SMARTS) is 1. The minimum atomic E-state index is -1.04. The zero-order valence-electron chi connectivity index (χ0n) is 7.48. The van der Waals surface area contributed by atoms with Crippen LogP contribution in [0, 0.1) is 0 Å². The fourth-order valence-corrected chi connectivity index (χ4v) is 1.13. The molecular weight excluding hydrogens is 202 g/mol. The summed E-state index contributed by atoms with van der Waals surface area (Å²) in [4.78, 5) is 14.5. The smallest absolute Gasteiger partial charge is 0.350 e. The molecule has 0 aromatic carbocycles. The molecule has 0 atom stereocenters. The molecule has 0 spiro atoms. The van der Waals surface area contributed by atoms with E-state index in [2.05, 4.69) is 4.99 Å². The number of hydrogen-bond donors (Lipinski definition) is 1. The molecule has 1 aliphatic heterocycles. The molecule has 0 radical (unpaired) electrons. The number of allylic oxidation sites excluding steroid dienone is 5. The normalized spacial score (nSPS) is 29.2. The van der Waals surface area contributed by atoms with Crippen molar-refractivity contribution in [2.24, 2.45) is 4.99 Å². The number of aliphatic carboxylic acids is 1. The van der Waals surface area contributed by atoms with Gasteiger partial charge in [0, 0.05) is 6.42 Å². The van der Waals surface area contributed by atoms with Crippen molar-refractivity contribution in [3.05, 3.63) is 35.5 Å². The molecule has 1 N–H and O–H groups in total. The van der Waals surface area contributed by atoms with Gasteiger partial charge in [-0.25, -0.2) is 9.79 Å². The molecule has 0 unspecified atom stereocenters. The minimum absolute atomic E-state index is 0.0535. The Balaban J connectivity index is 2.91. The van der Waals surface area contributed by atoms with Gasteiger partial charge >= 0.3 is 5.97 Å². The van der Waals surface area contributed by atoms with E-state index in [1.807, 2.05) is 12.2 Å². The van der Waals surface area contributed by atoms with E-state index in [-0.39, 0.29) is 17.3 Å². The van der Waals surface area contributed by atoms with Gasteiger partial charge in [-0.1, -0.05) is 35.9 Å². The van der Waals surface area contributed by atoms with Crippen molar-refractivity contribution in [1.82, 2.24) is 0 Å². The van der Waals surface area contributed by atoms with Crippen LogP contribution in [0.1, 0.15) is 12.8 Å². The van der Waals surface area contributed by atoms with Crippen molar-refractivity contribution in [1.29, 1.82) is 0 Å². The van der Waals surface area contributed by atoms with Gasteiger partial charge in [-0.2, -0.15) is 0 Å². The third kappa shape index (κ3) is 3.58. The molecule has 74 valence electrons. The summed E-state index contributed by atoms with van der Waals surface area (Å²) in [5.41, 5.74) is 0.0535. The molecule has 0 fully saturated rings. The van der Waals surface area contributed by atoms with E-state index in [4.69, 9.17) is 16.7 Å². The van der Waals surface area contributed by atoms with Crippen LogP contribution in [0.25, 0.3) is 0 Å². The van der Waals surface area contributed by atoms with E-state index < -0.39 is 5.97 Å². The van der Waals surface area contributed by atoms with Gasteiger partial charge in [-0.05, 0) is 12.5 Å². The highest BCUT2D eigenvalue weighted by Crippen LogP contribution is 2.08. The second-order valence-electron chi connectivity index (χ2n) is 2.69. The van der Waals surface area contributed by atoms with Gasteiger partial charge in [0.15, 0.2) is 0 Å². The third-order valence-electron chi connectivity index (χ3n) is 1.61. The number of rotatable bonds is 1. The average molecular weight is 212 g/mol. The molecule has 4 heteroatoms. The standard InChI is InChI=1S/C10H10ClNO2/c11-9-7-5-3-1-2-4-6-8(12-9)10(13)14/h1-4,7H,5-6H2,(H,13,14)/b3-1-,4-2-,9-7-,12-8+. The van der Waals surface area contributed by atoms with Gasteiger partial charge < -0.3 is 5.11 Å². The lowest BCUT2D eigenvalue weighted by atomic mass is 10.2. The maximum absolute atomic E-state index is 10.7. The Hall–Kier alpha value is -1.35. The van der Waals surface area contributed by atoms with Crippen LogP contribution in [0.15, 0.2) is 40.5 Å². The second kappa shape index (κ2) is 5.40. The Morgan fingerprint density at radius 3 is 2.86 bits per heavy atom. The van der Waals surface area contributed by atoms with Gasteiger partial charge in [-0.3, -0.25) is 0 Å². The molecule has 14 heavy (non-hydrogen) atoms. The van der Waals surface area contributed by atoms with E-state index in [0.717, 1.165) is 0 Å². The molecule has 0 saturated carbocycles. The van der Waals surface area contributed by atoms with Gasteiger partial charge in [0.25, 0.3) is 0 Å². The molecular formula is C10H10ClNO2. The molecule has 0 amide bonds. The van der Waals surface area contributed by atoms with Crippen LogP contribution in [0.5, 0.6) is 0 Å². The zero-order chi connectivity index (χ0) is 10.4. The fraction of sp³-hybridized carbons (Fsp3) is 0.200. The quantitative estimate of drug-likeness (QED) is 0.678. The zero-order valence-corrected chi connectivity index (χ0v) is 8.24. The lowest BCUT2D eigenvalue weighted by molar-refractivity contribution is -0.129. The molecule has 1 aliphatic rings. The maximum Gasteiger partial charge on any atom is 0.350 e. The lowest BCUT2D eigenvalue weighted by Crippen LogP contribution is -2.11. The van der Waals surface area contributed by atoms with Crippen molar-refractivity contribution in [3.8, 4) is 0 Å². The monoisotopic (exact) mass is 211 g/mol. The Labute approximate surface area is 87.1 Å². The highest BCUT2D eigenvalue weighted by Gasteiger charge is 2.07. The van der Waals surface area contributed by atoms with E-state index in [9.17, 15) is 4.79 Å². The van der Waals surface area contributed by atoms with E-state index in [1.165, 1.54) is 0 Å². The lowest BCUT2D eigenvalue weighted by Gasteiger charge is -1.97. The summed E-state index contributed by atoms with van der Waals surface area (Å²) in [5, 5.41) is 8.99. The molecule has 0 aliphatic carbocycles. The van der Waals surface area contributed by atoms with Gasteiger partial charge in [0.2, 0.25) is 0 Å². The van der Waals surface area contributed by atoms with Crippen LogP contribution in [0.2, 0.25) is 0 Å². The van der Waals surface area contributed by atoms with Crippen molar-refractivity contribution >= 4 is 23.3 Å². The van der Waals surface area contributed by atoms with Crippen LogP contribution in [0.3, 0.4) is 0 Å². The number of halogens is 1. The Bertz CT molecular complexity index is 340. The first-order valence-electron chi connectivity index (χ1n) is 4.18. The predicted octanol–water partition coefficient (Wildman–Crippen LogP) is 2.50. The summed E-state index contributed by atoms with van der Waals surface area (Å²) in [6.45, 7) is 0. The first-order valence-corrected chi connectivity index (χ1v) is 4.56. The van der Waals surface area contributed by atoms with Crippen molar-refractivity contribution < 1.29 is 9.90 Å². The molecule has 0 saturated heterocycles. The summed E-state index contributed by atoms with van der Waals surface area (Å²) in [6.07, 6.45) is 9.90. The SMILES string of the molecule is O=C(O)/C1=N/C(Cl)=C\C/C=C\C=C/C1. The Morgan fingerprint density at radius 2 is 2.14 bits per heavy atom. The fourth-order valence-electron chi connectivity index (χ4n) is 0.936. The van der Waals surface area contributed by atoms with Crippen molar-refractivity contribution in [2.45, 2.75) is 12.8 Å². The molecule has 1 heterocycles. The van der Waals surface area contributed by atoms with Gasteiger partial charge in [-0.15, -0.1) is 0 Å². The van der Waals surface area contributed by atoms with E-state index >= 15 is 0 Å². The highest BCUT2D eigenvalue weighted by molar-refractivity contribution is 6.38.